The number of aromatic nitrogens is 4. The molecule has 0 unspecified atom stereocenters. The number of hydrogen-bond donors (Lipinski definition) is 1. The predicted octanol–water partition coefficient (Wildman–Crippen LogP) is 1.78. The molecular formula is C18H23N5O2. The molecule has 0 radical (unpaired) electrons. The molecule has 2 bridgehead atoms. The Kier molecular flexibility index (Phi) is 4.38. The fourth-order valence-electron chi connectivity index (χ4n) is 3.95. The zero-order chi connectivity index (χ0) is 17.2. The van der Waals surface area contributed by atoms with Gasteiger partial charge in [0.1, 0.15) is 0 Å². The van der Waals surface area contributed by atoms with Crippen LogP contribution in [-0.2, 0) is 11.2 Å². The van der Waals surface area contributed by atoms with Gasteiger partial charge < -0.3 is 10.1 Å². The standard InChI is InChI=1S/C18H23N5O2/c1-25-18-8-7-16-21-20-15(23(16)22-18)3-2-4-17(24)19-11-14-10-12-5-6-13(14)9-12/h5-8,12-14H,2-4,9-11H2,1H3,(H,19,24)/t12-,13-,14-/m0/s1. The minimum atomic E-state index is 0.117. The van der Waals surface area contributed by atoms with E-state index < -0.39 is 0 Å². The molecule has 1 fully saturated rings. The number of aryl methyl sites for hydroxylation is 1. The van der Waals surface area contributed by atoms with Crippen molar-refractivity contribution in [2.45, 2.75) is 32.1 Å². The minimum Gasteiger partial charge on any atom is -0.480 e. The van der Waals surface area contributed by atoms with E-state index >= 15 is 0 Å². The number of carbonyl (C=O) groups excluding carboxylic acids is 1. The molecule has 0 aliphatic heterocycles. The highest BCUT2D eigenvalue weighted by molar-refractivity contribution is 5.75. The third kappa shape index (κ3) is 3.36. The van der Waals surface area contributed by atoms with Crippen LogP contribution < -0.4 is 10.1 Å². The van der Waals surface area contributed by atoms with Crippen molar-refractivity contribution in [1.29, 1.82) is 0 Å². The van der Waals surface area contributed by atoms with Gasteiger partial charge in [0, 0.05) is 25.5 Å². The van der Waals surface area contributed by atoms with Crippen molar-refractivity contribution >= 4 is 11.6 Å². The molecular weight excluding hydrogens is 318 g/mol. The molecule has 2 heterocycles. The van der Waals surface area contributed by atoms with Gasteiger partial charge in [0.05, 0.1) is 7.11 Å². The summed E-state index contributed by atoms with van der Waals surface area (Å²) in [6.45, 7) is 0.803. The van der Waals surface area contributed by atoms with Crippen LogP contribution in [0.25, 0.3) is 5.65 Å². The molecule has 4 rings (SSSR count). The minimum absolute atomic E-state index is 0.117. The number of hydrogen-bond acceptors (Lipinski definition) is 5. The summed E-state index contributed by atoms with van der Waals surface area (Å²) >= 11 is 0. The molecule has 0 saturated heterocycles. The first kappa shape index (κ1) is 16.1. The fraction of sp³-hybridized carbons (Fsp3) is 0.556. The Hall–Kier alpha value is -2.44. The molecule has 1 N–H and O–H groups in total. The summed E-state index contributed by atoms with van der Waals surface area (Å²) < 4.78 is 6.81. The second-order valence-electron chi connectivity index (χ2n) is 6.96. The summed E-state index contributed by atoms with van der Waals surface area (Å²) in [7, 11) is 1.58. The van der Waals surface area contributed by atoms with E-state index in [-0.39, 0.29) is 5.91 Å². The van der Waals surface area contributed by atoms with E-state index in [0.29, 0.717) is 36.2 Å². The predicted molar refractivity (Wildman–Crippen MR) is 92.1 cm³/mol. The number of ether oxygens (including phenoxy) is 1. The summed E-state index contributed by atoms with van der Waals surface area (Å²) in [5.41, 5.74) is 0.685. The van der Waals surface area contributed by atoms with Crippen LogP contribution in [0, 0.1) is 17.8 Å². The van der Waals surface area contributed by atoms with Crippen LogP contribution in [0.2, 0.25) is 0 Å². The second-order valence-corrected chi connectivity index (χ2v) is 6.96. The van der Waals surface area contributed by atoms with E-state index in [2.05, 4.69) is 32.8 Å². The summed E-state index contributed by atoms with van der Waals surface area (Å²) in [6.07, 6.45) is 9.03. The Balaban J connectivity index is 1.25. The molecule has 25 heavy (non-hydrogen) atoms. The Bertz CT molecular complexity index is 800. The quantitative estimate of drug-likeness (QED) is 0.777. The summed E-state index contributed by atoms with van der Waals surface area (Å²) in [5.74, 6) is 3.43. The van der Waals surface area contributed by atoms with Crippen molar-refractivity contribution < 1.29 is 9.53 Å². The summed E-state index contributed by atoms with van der Waals surface area (Å²) in [6, 6.07) is 3.57. The van der Waals surface area contributed by atoms with Gasteiger partial charge in [-0.2, -0.15) is 4.52 Å². The van der Waals surface area contributed by atoms with Crippen molar-refractivity contribution in [3.05, 3.63) is 30.1 Å². The molecule has 0 spiro atoms. The lowest BCUT2D eigenvalue weighted by Crippen LogP contribution is -2.30. The van der Waals surface area contributed by atoms with Crippen LogP contribution in [-0.4, -0.2) is 39.4 Å². The Labute approximate surface area is 146 Å². The highest BCUT2D eigenvalue weighted by atomic mass is 16.5. The highest BCUT2D eigenvalue weighted by Crippen LogP contribution is 2.42. The van der Waals surface area contributed by atoms with Crippen molar-refractivity contribution in [2.24, 2.45) is 17.8 Å². The smallest absolute Gasteiger partial charge is 0.231 e. The largest absolute Gasteiger partial charge is 0.480 e. The number of rotatable bonds is 7. The van der Waals surface area contributed by atoms with E-state index in [0.717, 1.165) is 24.7 Å². The number of methoxy groups -OCH3 is 1. The topological polar surface area (TPSA) is 81.4 Å². The van der Waals surface area contributed by atoms with Gasteiger partial charge in [0.2, 0.25) is 11.8 Å². The zero-order valence-electron chi connectivity index (χ0n) is 14.4. The third-order valence-corrected chi connectivity index (χ3v) is 5.29. The van der Waals surface area contributed by atoms with Gasteiger partial charge in [-0.25, -0.2) is 0 Å². The number of fused-ring (bicyclic) bond motifs is 3. The Morgan fingerprint density at radius 1 is 1.32 bits per heavy atom. The number of allylic oxidation sites excluding steroid dienone is 2. The van der Waals surface area contributed by atoms with Gasteiger partial charge in [-0.3, -0.25) is 4.79 Å². The lowest BCUT2D eigenvalue weighted by Gasteiger charge is -2.18. The van der Waals surface area contributed by atoms with Gasteiger partial charge in [0.25, 0.3) is 0 Å². The average molecular weight is 341 g/mol. The second kappa shape index (κ2) is 6.82. The first-order valence-corrected chi connectivity index (χ1v) is 8.93. The molecule has 3 atom stereocenters. The first-order valence-electron chi connectivity index (χ1n) is 8.93. The maximum absolute atomic E-state index is 12.1. The van der Waals surface area contributed by atoms with E-state index in [4.69, 9.17) is 4.74 Å². The molecule has 2 aliphatic rings. The van der Waals surface area contributed by atoms with Crippen LogP contribution in [0.1, 0.15) is 31.5 Å². The van der Waals surface area contributed by atoms with Gasteiger partial charge >= 0.3 is 0 Å². The van der Waals surface area contributed by atoms with Crippen LogP contribution in [0.4, 0.5) is 0 Å². The maximum Gasteiger partial charge on any atom is 0.231 e. The third-order valence-electron chi connectivity index (χ3n) is 5.29. The molecule has 2 aromatic heterocycles. The van der Waals surface area contributed by atoms with Crippen LogP contribution in [0.3, 0.4) is 0 Å². The molecule has 132 valence electrons. The van der Waals surface area contributed by atoms with Crippen molar-refractivity contribution in [3.63, 3.8) is 0 Å². The van der Waals surface area contributed by atoms with Gasteiger partial charge in [-0.15, -0.1) is 15.3 Å². The average Bonchev–Trinajstić information content (AvgIpc) is 3.35. The SMILES string of the molecule is COc1ccc2nnc(CCCC(=O)NC[C@@H]3C[C@H]4C=C[C@H]3C4)n2n1. The van der Waals surface area contributed by atoms with E-state index in [9.17, 15) is 4.79 Å². The Morgan fingerprint density at radius 3 is 3.00 bits per heavy atom. The van der Waals surface area contributed by atoms with Crippen molar-refractivity contribution in [2.75, 3.05) is 13.7 Å². The Morgan fingerprint density at radius 2 is 2.24 bits per heavy atom. The number of nitrogens with zero attached hydrogens (tertiary/aromatic N) is 4. The van der Waals surface area contributed by atoms with Crippen LogP contribution >= 0.6 is 0 Å². The molecule has 1 saturated carbocycles. The van der Waals surface area contributed by atoms with E-state index in [1.165, 1.54) is 12.8 Å². The van der Waals surface area contributed by atoms with Crippen molar-refractivity contribution in [1.82, 2.24) is 25.1 Å². The first-order chi connectivity index (χ1) is 12.2. The molecule has 7 heteroatoms. The van der Waals surface area contributed by atoms with Crippen LogP contribution in [0.15, 0.2) is 24.3 Å². The number of carbonyl (C=O) groups is 1. The van der Waals surface area contributed by atoms with Gasteiger partial charge in [0.15, 0.2) is 11.5 Å². The lowest BCUT2D eigenvalue weighted by atomic mass is 9.93. The molecule has 0 aromatic carbocycles. The van der Waals surface area contributed by atoms with Crippen LogP contribution in [0.5, 0.6) is 5.88 Å². The van der Waals surface area contributed by atoms with E-state index in [1.807, 2.05) is 6.07 Å². The molecule has 1 amide bonds. The summed E-state index contributed by atoms with van der Waals surface area (Å²) in [5, 5.41) is 15.7. The molecule has 2 aliphatic carbocycles. The normalized spacial score (nSPS) is 24.1. The van der Waals surface area contributed by atoms with Crippen molar-refractivity contribution in [3.8, 4) is 5.88 Å². The summed E-state index contributed by atoms with van der Waals surface area (Å²) in [4.78, 5) is 12.1. The number of nitrogens with one attached hydrogen (secondary N) is 1. The maximum atomic E-state index is 12.1. The van der Waals surface area contributed by atoms with Gasteiger partial charge in [-0.05, 0) is 43.1 Å². The molecule has 2 aromatic rings. The van der Waals surface area contributed by atoms with Gasteiger partial charge in [-0.1, -0.05) is 12.2 Å². The molecule has 7 nitrogen and oxygen atoms in total. The number of amides is 1. The fourth-order valence-corrected chi connectivity index (χ4v) is 3.95. The van der Waals surface area contributed by atoms with E-state index in [1.54, 1.807) is 17.7 Å². The highest BCUT2D eigenvalue weighted by Gasteiger charge is 2.35. The monoisotopic (exact) mass is 341 g/mol. The lowest BCUT2D eigenvalue weighted by molar-refractivity contribution is -0.121. The zero-order valence-corrected chi connectivity index (χ0v) is 14.4.